The van der Waals surface area contributed by atoms with Crippen LogP contribution in [0.5, 0.6) is 0 Å². The number of para-hydroxylation sites is 1. The molecule has 2 aromatic heterocycles. The van der Waals surface area contributed by atoms with Gasteiger partial charge in [0.2, 0.25) is 5.91 Å². The molecule has 2 N–H and O–H groups in total. The van der Waals surface area contributed by atoms with Gasteiger partial charge < -0.3 is 10.6 Å². The van der Waals surface area contributed by atoms with Crippen molar-refractivity contribution in [1.82, 2.24) is 30.6 Å². The lowest BCUT2D eigenvalue weighted by atomic mass is 10.2. The molecule has 0 fully saturated rings. The molecular weight excluding hydrogens is 320 g/mol. The number of carbonyl (C=O) groups excluding carboxylic acids is 2. The largest absolute Gasteiger partial charge is 0.359 e. The molecule has 2 amide bonds. The van der Waals surface area contributed by atoms with Crippen molar-refractivity contribution >= 4 is 22.7 Å². The van der Waals surface area contributed by atoms with E-state index < -0.39 is 0 Å². The molecule has 0 radical (unpaired) electrons. The van der Waals surface area contributed by atoms with Crippen molar-refractivity contribution in [3.8, 4) is 5.69 Å². The first kappa shape index (κ1) is 16.6. The number of hydrogen-bond donors (Lipinski definition) is 2. The molecule has 2 heterocycles. The van der Waals surface area contributed by atoms with Gasteiger partial charge in [-0.15, -0.1) is 5.10 Å². The van der Waals surface area contributed by atoms with Crippen LogP contribution in [0.2, 0.25) is 0 Å². The number of benzene rings is 1. The lowest BCUT2D eigenvalue weighted by Crippen LogP contribution is -2.29. The second kappa shape index (κ2) is 7.08. The SMILES string of the molecule is CNC(=O)CCNC(=O)c1nnn(-c2cccc3cccnc23)c1C. The molecule has 128 valence electrons. The number of rotatable bonds is 5. The number of pyridine rings is 1. The smallest absolute Gasteiger partial charge is 0.273 e. The van der Waals surface area contributed by atoms with Gasteiger partial charge >= 0.3 is 0 Å². The Hall–Kier alpha value is -3.29. The fourth-order valence-corrected chi connectivity index (χ4v) is 2.53. The summed E-state index contributed by atoms with van der Waals surface area (Å²) >= 11 is 0. The Morgan fingerprint density at radius 3 is 2.80 bits per heavy atom. The van der Waals surface area contributed by atoms with Crippen LogP contribution in [-0.2, 0) is 4.79 Å². The van der Waals surface area contributed by atoms with Crippen LogP contribution in [0, 0.1) is 6.92 Å². The first-order chi connectivity index (χ1) is 12.1. The molecule has 3 aromatic rings. The van der Waals surface area contributed by atoms with Crippen LogP contribution in [0.15, 0.2) is 36.5 Å². The highest BCUT2D eigenvalue weighted by atomic mass is 16.2. The summed E-state index contributed by atoms with van der Waals surface area (Å²) in [5.41, 5.74) is 2.37. The maximum absolute atomic E-state index is 12.3. The van der Waals surface area contributed by atoms with Crippen LogP contribution >= 0.6 is 0 Å². The van der Waals surface area contributed by atoms with Gasteiger partial charge in [0, 0.05) is 31.6 Å². The number of hydrogen-bond acceptors (Lipinski definition) is 5. The van der Waals surface area contributed by atoms with Gasteiger partial charge in [-0.3, -0.25) is 14.6 Å². The normalized spacial score (nSPS) is 10.6. The molecule has 1 aromatic carbocycles. The zero-order chi connectivity index (χ0) is 17.8. The second-order valence-electron chi connectivity index (χ2n) is 5.47. The van der Waals surface area contributed by atoms with Gasteiger partial charge in [0.15, 0.2) is 5.69 Å². The Labute approximate surface area is 144 Å². The topological polar surface area (TPSA) is 102 Å². The molecule has 0 aliphatic rings. The van der Waals surface area contributed by atoms with Crippen molar-refractivity contribution in [3.63, 3.8) is 0 Å². The van der Waals surface area contributed by atoms with E-state index in [1.54, 1.807) is 24.9 Å². The summed E-state index contributed by atoms with van der Waals surface area (Å²) in [7, 11) is 1.55. The van der Waals surface area contributed by atoms with Crippen LogP contribution in [0.1, 0.15) is 22.6 Å². The minimum atomic E-state index is -0.360. The third-order valence-electron chi connectivity index (χ3n) is 3.87. The minimum Gasteiger partial charge on any atom is -0.359 e. The Morgan fingerprint density at radius 2 is 2.00 bits per heavy atom. The first-order valence-corrected chi connectivity index (χ1v) is 7.87. The first-order valence-electron chi connectivity index (χ1n) is 7.87. The fraction of sp³-hybridized carbons (Fsp3) is 0.235. The highest BCUT2D eigenvalue weighted by Gasteiger charge is 2.18. The van der Waals surface area contributed by atoms with Crippen LogP contribution in [0.3, 0.4) is 0 Å². The van der Waals surface area contributed by atoms with E-state index in [1.807, 2.05) is 30.3 Å². The molecule has 25 heavy (non-hydrogen) atoms. The highest BCUT2D eigenvalue weighted by molar-refractivity contribution is 5.94. The highest BCUT2D eigenvalue weighted by Crippen LogP contribution is 2.21. The molecule has 3 rings (SSSR count). The fourth-order valence-electron chi connectivity index (χ4n) is 2.53. The van der Waals surface area contributed by atoms with E-state index in [4.69, 9.17) is 0 Å². The van der Waals surface area contributed by atoms with Gasteiger partial charge in [-0.2, -0.15) is 0 Å². The van der Waals surface area contributed by atoms with Gasteiger partial charge in [0.25, 0.3) is 5.91 Å². The molecule has 8 heteroatoms. The zero-order valence-corrected chi connectivity index (χ0v) is 14.0. The van der Waals surface area contributed by atoms with Crippen LogP contribution in [-0.4, -0.2) is 45.4 Å². The van der Waals surface area contributed by atoms with Gasteiger partial charge in [0.1, 0.15) is 0 Å². The van der Waals surface area contributed by atoms with Gasteiger partial charge in [-0.05, 0) is 19.1 Å². The lowest BCUT2D eigenvalue weighted by molar-refractivity contribution is -0.120. The Morgan fingerprint density at radius 1 is 1.20 bits per heavy atom. The predicted octanol–water partition coefficient (Wildman–Crippen LogP) is 0.990. The number of nitrogens with zero attached hydrogens (tertiary/aromatic N) is 4. The molecular formula is C17H18N6O2. The standard InChI is InChI=1S/C17H18N6O2/c1-11-15(17(25)20-10-8-14(24)18-2)21-22-23(11)13-7-3-5-12-6-4-9-19-16(12)13/h3-7,9H,8,10H2,1-2H3,(H,18,24)(H,20,25). The van der Waals surface area contributed by atoms with E-state index in [-0.39, 0.29) is 30.5 Å². The number of fused-ring (bicyclic) bond motifs is 1. The second-order valence-corrected chi connectivity index (χ2v) is 5.47. The molecule has 8 nitrogen and oxygen atoms in total. The average Bonchev–Trinajstić information content (AvgIpc) is 3.02. The Balaban J connectivity index is 1.86. The molecule has 0 saturated carbocycles. The van der Waals surface area contributed by atoms with Gasteiger partial charge in [-0.25, -0.2) is 4.68 Å². The molecule has 0 bridgehead atoms. The van der Waals surface area contributed by atoms with E-state index >= 15 is 0 Å². The van der Waals surface area contributed by atoms with Crippen molar-refractivity contribution in [2.24, 2.45) is 0 Å². The number of carbonyl (C=O) groups is 2. The van der Waals surface area contributed by atoms with E-state index in [9.17, 15) is 9.59 Å². The van der Waals surface area contributed by atoms with Crippen molar-refractivity contribution < 1.29 is 9.59 Å². The summed E-state index contributed by atoms with van der Waals surface area (Å²) in [5.74, 6) is -0.497. The molecule has 0 saturated heterocycles. The summed E-state index contributed by atoms with van der Waals surface area (Å²) in [6.07, 6.45) is 1.92. The molecule has 0 spiro atoms. The van der Waals surface area contributed by atoms with Crippen molar-refractivity contribution in [1.29, 1.82) is 0 Å². The lowest BCUT2D eigenvalue weighted by Gasteiger charge is -2.07. The number of amides is 2. The molecule has 0 aliphatic heterocycles. The van der Waals surface area contributed by atoms with Crippen molar-refractivity contribution in [3.05, 3.63) is 47.9 Å². The van der Waals surface area contributed by atoms with E-state index in [2.05, 4.69) is 25.9 Å². The monoisotopic (exact) mass is 338 g/mol. The Bertz CT molecular complexity index is 929. The Kier molecular flexibility index (Phi) is 4.69. The van der Waals surface area contributed by atoms with Gasteiger partial charge in [0.05, 0.1) is 16.9 Å². The summed E-state index contributed by atoms with van der Waals surface area (Å²) < 4.78 is 1.60. The maximum Gasteiger partial charge on any atom is 0.273 e. The third-order valence-corrected chi connectivity index (χ3v) is 3.87. The minimum absolute atomic E-state index is 0.137. The van der Waals surface area contributed by atoms with Crippen molar-refractivity contribution in [2.75, 3.05) is 13.6 Å². The number of nitrogens with one attached hydrogen (secondary N) is 2. The van der Waals surface area contributed by atoms with E-state index in [1.165, 1.54) is 0 Å². The summed E-state index contributed by atoms with van der Waals surface area (Å²) in [6.45, 7) is 2.01. The summed E-state index contributed by atoms with van der Waals surface area (Å²) in [5, 5.41) is 14.2. The average molecular weight is 338 g/mol. The zero-order valence-electron chi connectivity index (χ0n) is 14.0. The molecule has 0 unspecified atom stereocenters. The molecule has 0 aliphatic carbocycles. The summed E-state index contributed by atoms with van der Waals surface area (Å²) in [4.78, 5) is 27.9. The molecule has 0 atom stereocenters. The van der Waals surface area contributed by atoms with Gasteiger partial charge in [-0.1, -0.05) is 23.4 Å². The van der Waals surface area contributed by atoms with E-state index in [0.29, 0.717) is 5.69 Å². The summed E-state index contributed by atoms with van der Waals surface area (Å²) in [6, 6.07) is 9.58. The number of aromatic nitrogens is 4. The van der Waals surface area contributed by atoms with E-state index in [0.717, 1.165) is 16.6 Å². The quantitative estimate of drug-likeness (QED) is 0.722. The van der Waals surface area contributed by atoms with Crippen molar-refractivity contribution in [2.45, 2.75) is 13.3 Å². The van der Waals surface area contributed by atoms with Crippen LogP contribution < -0.4 is 10.6 Å². The van der Waals surface area contributed by atoms with Crippen LogP contribution in [0.25, 0.3) is 16.6 Å². The predicted molar refractivity (Wildman–Crippen MR) is 92.4 cm³/mol. The van der Waals surface area contributed by atoms with Crippen LogP contribution in [0.4, 0.5) is 0 Å². The third kappa shape index (κ3) is 3.32. The maximum atomic E-state index is 12.3.